The van der Waals surface area contributed by atoms with Crippen LogP contribution in [0.25, 0.3) is 0 Å². The maximum absolute atomic E-state index is 13.1. The molecule has 0 radical (unpaired) electrons. The molecule has 11 nitrogen and oxygen atoms in total. The number of nitrogens with zero attached hydrogens (tertiary/aromatic N) is 2. The van der Waals surface area contributed by atoms with Crippen molar-refractivity contribution in [3.8, 4) is 11.8 Å². The van der Waals surface area contributed by atoms with Crippen molar-refractivity contribution in [3.63, 3.8) is 0 Å². The van der Waals surface area contributed by atoms with Gasteiger partial charge in [-0.1, -0.05) is 17.9 Å². The number of likely N-dealkylation sites (N-methyl/N-ethyl adjacent to an activating group) is 2. The molecule has 3 N–H and O–H groups in total. The Bertz CT molecular complexity index is 1600. The summed E-state index contributed by atoms with van der Waals surface area (Å²) in [4.78, 5) is 81.4. The van der Waals surface area contributed by atoms with E-state index in [0.29, 0.717) is 53.8 Å². The van der Waals surface area contributed by atoms with E-state index in [1.54, 1.807) is 32.1 Å². The Hall–Kier alpha value is -4.13. The molecule has 2 heterocycles. The van der Waals surface area contributed by atoms with Gasteiger partial charge in [0.05, 0.1) is 0 Å². The second-order valence-corrected chi connectivity index (χ2v) is 14.1. The van der Waals surface area contributed by atoms with E-state index in [2.05, 4.69) is 32.7 Å². The molecule has 0 bridgehead atoms. The molecule has 12 heteroatoms. The average molecular weight is 814 g/mol. The molecule has 1 saturated heterocycles. The summed E-state index contributed by atoms with van der Waals surface area (Å²) in [6.07, 6.45) is 6.25. The fraction of sp³-hybridized carbons (Fsp3) is 0.429. The van der Waals surface area contributed by atoms with Crippen LogP contribution in [-0.4, -0.2) is 87.7 Å². The van der Waals surface area contributed by atoms with Gasteiger partial charge in [0.15, 0.2) is 0 Å². The van der Waals surface area contributed by atoms with Gasteiger partial charge in [0.1, 0.15) is 12.3 Å². The van der Waals surface area contributed by atoms with E-state index < -0.39 is 23.7 Å². The number of carbonyl (C=O) groups excluding carboxylic acids is 6. The maximum atomic E-state index is 13.1. The number of piperidine rings is 1. The first-order valence-electron chi connectivity index (χ1n) is 15.6. The summed E-state index contributed by atoms with van der Waals surface area (Å²) in [5.74, 6) is 5.37. The zero-order valence-electron chi connectivity index (χ0n) is 27.4. The van der Waals surface area contributed by atoms with Gasteiger partial charge < -0.3 is 15.0 Å². The normalized spacial score (nSPS) is 17.1. The molecule has 0 spiro atoms. The van der Waals surface area contributed by atoms with Crippen LogP contribution in [0.4, 0.5) is 0 Å². The molecule has 250 valence electrons. The van der Waals surface area contributed by atoms with Crippen LogP contribution in [0.3, 0.4) is 0 Å². The topological polar surface area (TPSA) is 145 Å². The molecule has 2 aliphatic heterocycles. The Labute approximate surface area is 284 Å². The van der Waals surface area contributed by atoms with Gasteiger partial charge in [0.2, 0.25) is 5.91 Å². The number of carbonyl (C=O) groups is 6. The van der Waals surface area contributed by atoms with Crippen molar-refractivity contribution in [2.75, 3.05) is 20.6 Å². The molecule has 0 aliphatic carbocycles. The van der Waals surface area contributed by atoms with E-state index in [4.69, 9.17) is 0 Å². The monoisotopic (exact) mass is 813 g/mol. The Morgan fingerprint density at radius 1 is 1.28 bits per heavy atom. The predicted molar refractivity (Wildman–Crippen MR) is 177 cm³/mol. The number of fused-ring (bicyclic) bond motifs is 1. The molecule has 47 heavy (non-hydrogen) atoms. The molecule has 2 aliphatic rings. The molecular weight excluding hydrogens is 770 g/mol. The molecule has 1 fully saturated rings. The number of rotatable bonds is 14. The van der Waals surface area contributed by atoms with Gasteiger partial charge in [-0.2, -0.15) is 0 Å². The van der Waals surface area contributed by atoms with Crippen LogP contribution < -0.4 is 16.0 Å². The van der Waals surface area contributed by atoms with Gasteiger partial charge in [-0.15, -0.1) is 0 Å². The fourth-order valence-electron chi connectivity index (χ4n) is 5.70. The second-order valence-electron chi connectivity index (χ2n) is 11.3. The van der Waals surface area contributed by atoms with E-state index in [0.717, 1.165) is 28.6 Å². The van der Waals surface area contributed by atoms with E-state index in [1.165, 1.54) is 11.9 Å². The van der Waals surface area contributed by atoms with E-state index in [9.17, 15) is 28.8 Å². The Kier molecular flexibility index (Phi) is 14.5. The Morgan fingerprint density at radius 2 is 2.04 bits per heavy atom. The number of unbranched alkanes of at least 4 members (excludes halogenated alkanes) is 1. The van der Waals surface area contributed by atoms with E-state index in [1.807, 2.05) is 18.0 Å². The zero-order chi connectivity index (χ0) is 34.5. The summed E-state index contributed by atoms with van der Waals surface area (Å²) >= 11 is -0.900. The number of amides is 4. The van der Waals surface area contributed by atoms with Gasteiger partial charge in [-0.05, 0) is 24.1 Å². The molecule has 1 aromatic rings. The third-order valence-corrected chi connectivity index (χ3v) is 10.6. The molecule has 3 rings (SSSR count). The molecule has 0 saturated carbocycles. The van der Waals surface area contributed by atoms with Crippen molar-refractivity contribution in [2.45, 2.75) is 77.4 Å². The number of aldehydes is 2. The van der Waals surface area contributed by atoms with Crippen LogP contribution in [0.1, 0.15) is 80.3 Å². The minimum absolute atomic E-state index is 0.0558. The first-order valence-corrected chi connectivity index (χ1v) is 19.1. The van der Waals surface area contributed by atoms with Gasteiger partial charge in [-0.3, -0.25) is 9.59 Å². The number of hydrogen-bond acceptors (Lipinski definition) is 7. The van der Waals surface area contributed by atoms with Crippen molar-refractivity contribution < 1.29 is 46.4 Å². The van der Waals surface area contributed by atoms with Gasteiger partial charge in [0.25, 0.3) is 5.91 Å². The molecular formula is C35H43N5O6W. The summed E-state index contributed by atoms with van der Waals surface area (Å²) in [6, 6.07) is 4.20. The van der Waals surface area contributed by atoms with Gasteiger partial charge >= 0.3 is 157 Å². The third-order valence-electron chi connectivity index (χ3n) is 8.30. The third kappa shape index (κ3) is 9.69. The molecule has 2 unspecified atom stereocenters. The van der Waals surface area contributed by atoms with Crippen LogP contribution in [0.2, 0.25) is 0 Å². The first-order chi connectivity index (χ1) is 22.6. The first kappa shape index (κ1) is 37.3. The predicted octanol–water partition coefficient (Wildman–Crippen LogP) is 1.65. The molecule has 2 atom stereocenters. The van der Waals surface area contributed by atoms with Gasteiger partial charge in [-0.25, -0.2) is 0 Å². The van der Waals surface area contributed by atoms with E-state index >= 15 is 0 Å². The minimum atomic E-state index is -0.900. The summed E-state index contributed by atoms with van der Waals surface area (Å²) < 4.78 is 1.08. The zero-order valence-corrected chi connectivity index (χ0v) is 30.4. The molecule has 0 aromatic heterocycles. The number of hydrogen-bond donors (Lipinski definition) is 3. The summed E-state index contributed by atoms with van der Waals surface area (Å²) in [6.45, 7) is 4.05. The Balaban J connectivity index is 1.63. The average Bonchev–Trinajstić information content (AvgIpc) is 3.40. The number of benzene rings is 1. The van der Waals surface area contributed by atoms with Crippen LogP contribution in [0.5, 0.6) is 0 Å². The summed E-state index contributed by atoms with van der Waals surface area (Å²) in [7, 11) is 3.34. The Morgan fingerprint density at radius 3 is 2.68 bits per heavy atom. The van der Waals surface area contributed by atoms with Gasteiger partial charge in [0, 0.05) is 37.6 Å². The summed E-state index contributed by atoms with van der Waals surface area (Å²) in [5, 5.41) is 8.49. The molecule has 4 amide bonds. The standard InChI is InChI=1S/C34H41N5O6.CH2.W/c1-5-24(22-41)27(20-38(4)29-15-10-18-36-33(29)44)23(2)37-31(42)17-8-6-7-12-25-13-9-14-26-28(25)21-39(34(26)45)30(16-11-19-40)32(43)35-3;;/h5,9,13-14,19,22,29-30H,6,8,10-11,15-17,20-21H2,1-4H3,(H,35,43)(H,36,44)(H,37,42);1H2;/b24-5-,27-23+;;. The van der Waals surface area contributed by atoms with Crippen molar-refractivity contribution in [3.05, 3.63) is 57.8 Å². The van der Waals surface area contributed by atoms with Crippen molar-refractivity contribution in [1.82, 2.24) is 25.8 Å². The number of nitrogens with one attached hydrogen (secondary N) is 3. The number of allylic oxidation sites excluding steroid dienone is 2. The van der Waals surface area contributed by atoms with Crippen LogP contribution >= 0.6 is 0 Å². The second kappa shape index (κ2) is 18.3. The van der Waals surface area contributed by atoms with Crippen LogP contribution in [0, 0.1) is 11.8 Å². The quantitative estimate of drug-likeness (QED) is 0.0853. The van der Waals surface area contributed by atoms with Crippen LogP contribution in [0.15, 0.2) is 41.1 Å². The van der Waals surface area contributed by atoms with Crippen LogP contribution in [-0.2, 0) is 48.2 Å². The summed E-state index contributed by atoms with van der Waals surface area (Å²) in [5.41, 5.74) is 3.58. The van der Waals surface area contributed by atoms with Crippen molar-refractivity contribution >= 4 is 45.1 Å². The van der Waals surface area contributed by atoms with E-state index in [-0.39, 0.29) is 55.5 Å². The fourth-order valence-corrected chi connectivity index (χ4v) is 7.26. The SMILES string of the molecule is [CH2]=[W]=[C]1CCC(N(C)CC(=C(/C)NC(=O)CCCC#Cc2cccc3c2CN(C(CCC=O)C(=O)NC)C3=O)/C(C=O)=C\C)C(=O)N1. The molecule has 1 aromatic carbocycles. The van der Waals surface area contributed by atoms with Crippen molar-refractivity contribution in [2.24, 2.45) is 0 Å². The van der Waals surface area contributed by atoms with Crippen molar-refractivity contribution in [1.29, 1.82) is 0 Å².